The minimum atomic E-state index is -0.383. The van der Waals surface area contributed by atoms with Crippen LogP contribution in [0.15, 0.2) is 42.7 Å². The predicted molar refractivity (Wildman–Crippen MR) is 71.9 cm³/mol. The quantitative estimate of drug-likeness (QED) is 0.620. The van der Waals surface area contributed by atoms with Crippen LogP contribution in [0.2, 0.25) is 0 Å². The molecule has 19 heavy (non-hydrogen) atoms. The number of rotatable bonds is 3. The number of pyridine rings is 1. The first kappa shape index (κ1) is 12.8. The average Bonchev–Trinajstić information content (AvgIpc) is 2.47. The Balaban J connectivity index is 2.57. The molecular formula is C15H12N2O2. The van der Waals surface area contributed by atoms with E-state index in [1.165, 1.54) is 6.20 Å². The second kappa shape index (κ2) is 5.78. The Morgan fingerprint density at radius 1 is 1.32 bits per heavy atom. The number of ether oxygens (including phenoxy) is 1. The summed E-state index contributed by atoms with van der Waals surface area (Å²) < 4.78 is 5.03. The molecule has 0 amide bonds. The molecule has 1 aromatic carbocycles. The molecule has 2 rings (SSSR count). The van der Waals surface area contributed by atoms with Gasteiger partial charge in [0, 0.05) is 12.4 Å². The number of hydrogen-bond donors (Lipinski definition) is 0. The summed E-state index contributed by atoms with van der Waals surface area (Å²) in [5, 5.41) is 0. The molecule has 4 nitrogen and oxygen atoms in total. The molecule has 0 N–H and O–H groups in total. The summed E-state index contributed by atoms with van der Waals surface area (Å²) in [5.74, 6) is -0.383. The van der Waals surface area contributed by atoms with E-state index in [0.29, 0.717) is 29.0 Å². The number of carbonyl (C=O) groups excluding carboxylic acids is 1. The van der Waals surface area contributed by atoms with Crippen molar-refractivity contribution in [2.45, 2.75) is 6.92 Å². The molecule has 0 spiro atoms. The molecule has 0 fully saturated rings. The zero-order valence-electron chi connectivity index (χ0n) is 10.5. The lowest BCUT2D eigenvalue weighted by atomic mass is 9.99. The lowest BCUT2D eigenvalue weighted by Gasteiger charge is -2.09. The maximum absolute atomic E-state index is 11.9. The van der Waals surface area contributed by atoms with Crippen molar-refractivity contribution < 1.29 is 9.53 Å². The molecule has 0 unspecified atom stereocenters. The molecule has 0 saturated heterocycles. The van der Waals surface area contributed by atoms with E-state index in [0.717, 1.165) is 0 Å². The van der Waals surface area contributed by atoms with Gasteiger partial charge in [-0.1, -0.05) is 18.2 Å². The van der Waals surface area contributed by atoms with Crippen LogP contribution in [0.5, 0.6) is 0 Å². The molecule has 94 valence electrons. The number of aromatic nitrogens is 1. The van der Waals surface area contributed by atoms with E-state index in [1.807, 2.05) is 6.07 Å². The molecule has 1 heterocycles. The van der Waals surface area contributed by atoms with Gasteiger partial charge in [-0.3, -0.25) is 4.98 Å². The number of carbonyl (C=O) groups is 1. The number of hydrogen-bond acceptors (Lipinski definition) is 3. The van der Waals surface area contributed by atoms with Crippen LogP contribution in [0.25, 0.3) is 16.0 Å². The van der Waals surface area contributed by atoms with Crippen molar-refractivity contribution in [1.82, 2.24) is 4.98 Å². The highest BCUT2D eigenvalue weighted by Crippen LogP contribution is 2.32. The maximum Gasteiger partial charge on any atom is 0.338 e. The molecule has 0 radical (unpaired) electrons. The Kier molecular flexibility index (Phi) is 3.89. The van der Waals surface area contributed by atoms with Gasteiger partial charge in [0.2, 0.25) is 5.69 Å². The first-order valence-corrected chi connectivity index (χ1v) is 5.86. The highest BCUT2D eigenvalue weighted by molar-refractivity contribution is 5.99. The fraction of sp³-hybridized carbons (Fsp3) is 0.133. The van der Waals surface area contributed by atoms with E-state index in [9.17, 15) is 4.79 Å². The van der Waals surface area contributed by atoms with Gasteiger partial charge in [-0.15, -0.1) is 0 Å². The Bertz CT molecular complexity index is 645. The predicted octanol–water partition coefficient (Wildman–Crippen LogP) is 3.48. The molecule has 0 atom stereocenters. The van der Waals surface area contributed by atoms with Crippen LogP contribution >= 0.6 is 0 Å². The van der Waals surface area contributed by atoms with E-state index in [2.05, 4.69) is 9.83 Å². The van der Waals surface area contributed by atoms with E-state index in [-0.39, 0.29) is 5.97 Å². The Hall–Kier alpha value is -2.67. The van der Waals surface area contributed by atoms with Gasteiger partial charge >= 0.3 is 5.97 Å². The molecular weight excluding hydrogens is 240 g/mol. The average molecular weight is 252 g/mol. The largest absolute Gasteiger partial charge is 0.462 e. The lowest BCUT2D eigenvalue weighted by molar-refractivity contribution is 0.0527. The lowest BCUT2D eigenvalue weighted by Crippen LogP contribution is -2.06. The third kappa shape index (κ3) is 2.61. The van der Waals surface area contributed by atoms with E-state index in [1.54, 1.807) is 37.4 Å². The minimum Gasteiger partial charge on any atom is -0.462 e. The third-order valence-corrected chi connectivity index (χ3v) is 2.63. The van der Waals surface area contributed by atoms with Crippen molar-refractivity contribution in [3.05, 3.63) is 59.7 Å². The summed E-state index contributed by atoms with van der Waals surface area (Å²) in [4.78, 5) is 19.3. The van der Waals surface area contributed by atoms with Gasteiger partial charge in [-0.05, 0) is 30.2 Å². The Labute approximate surface area is 111 Å². The van der Waals surface area contributed by atoms with Crippen molar-refractivity contribution in [3.8, 4) is 11.1 Å². The SMILES string of the molecule is [C-]#[N+]c1cnccc1-c1ccccc1C(=O)OCC. The van der Waals surface area contributed by atoms with Crippen molar-refractivity contribution in [1.29, 1.82) is 0 Å². The van der Waals surface area contributed by atoms with Crippen LogP contribution in [-0.4, -0.2) is 17.6 Å². The van der Waals surface area contributed by atoms with Crippen LogP contribution in [0.1, 0.15) is 17.3 Å². The van der Waals surface area contributed by atoms with Crippen LogP contribution in [0.3, 0.4) is 0 Å². The zero-order valence-corrected chi connectivity index (χ0v) is 10.5. The summed E-state index contributed by atoms with van der Waals surface area (Å²) in [6.45, 7) is 9.24. The summed E-state index contributed by atoms with van der Waals surface area (Å²) in [6.07, 6.45) is 3.09. The summed E-state index contributed by atoms with van der Waals surface area (Å²) in [5.41, 5.74) is 2.25. The third-order valence-electron chi connectivity index (χ3n) is 2.63. The van der Waals surface area contributed by atoms with Gasteiger partial charge in [0.25, 0.3) is 0 Å². The molecule has 0 bridgehead atoms. The fourth-order valence-electron chi connectivity index (χ4n) is 1.81. The summed E-state index contributed by atoms with van der Waals surface area (Å²) in [6, 6.07) is 8.82. The van der Waals surface area contributed by atoms with Gasteiger partial charge in [0.15, 0.2) is 0 Å². The maximum atomic E-state index is 11.9. The first-order valence-electron chi connectivity index (χ1n) is 5.86. The molecule has 0 aliphatic heterocycles. The standard InChI is InChI=1S/C15H12N2O2/c1-3-19-15(18)13-7-5-4-6-11(13)12-8-9-17-10-14(12)16-2/h4-10H,3H2,1H3. The molecule has 4 heteroatoms. The van der Waals surface area contributed by atoms with Gasteiger partial charge in [0.1, 0.15) is 0 Å². The minimum absolute atomic E-state index is 0.319. The van der Waals surface area contributed by atoms with Crippen LogP contribution in [0, 0.1) is 6.57 Å². The molecule has 1 aromatic heterocycles. The van der Waals surface area contributed by atoms with E-state index < -0.39 is 0 Å². The first-order chi connectivity index (χ1) is 9.27. The second-order valence-corrected chi connectivity index (χ2v) is 3.77. The van der Waals surface area contributed by atoms with Crippen molar-refractivity contribution in [2.24, 2.45) is 0 Å². The van der Waals surface area contributed by atoms with E-state index in [4.69, 9.17) is 11.3 Å². The molecule has 0 saturated carbocycles. The molecule has 0 aliphatic rings. The number of esters is 1. The van der Waals surface area contributed by atoms with Crippen molar-refractivity contribution >= 4 is 11.7 Å². The van der Waals surface area contributed by atoms with Crippen molar-refractivity contribution in [2.75, 3.05) is 6.61 Å². The number of nitrogens with zero attached hydrogens (tertiary/aromatic N) is 2. The summed E-state index contributed by atoms with van der Waals surface area (Å²) in [7, 11) is 0. The molecule has 2 aromatic rings. The summed E-state index contributed by atoms with van der Waals surface area (Å²) >= 11 is 0. The Morgan fingerprint density at radius 3 is 2.84 bits per heavy atom. The topological polar surface area (TPSA) is 43.5 Å². The van der Waals surface area contributed by atoms with Crippen molar-refractivity contribution in [3.63, 3.8) is 0 Å². The van der Waals surface area contributed by atoms with Crippen LogP contribution in [0.4, 0.5) is 5.69 Å². The van der Waals surface area contributed by atoms with Crippen LogP contribution in [-0.2, 0) is 4.74 Å². The van der Waals surface area contributed by atoms with Gasteiger partial charge in [-0.25, -0.2) is 9.64 Å². The molecule has 0 aliphatic carbocycles. The van der Waals surface area contributed by atoms with E-state index >= 15 is 0 Å². The van der Waals surface area contributed by atoms with Gasteiger partial charge < -0.3 is 4.74 Å². The zero-order chi connectivity index (χ0) is 13.7. The van der Waals surface area contributed by atoms with Gasteiger partial charge in [0.05, 0.1) is 18.7 Å². The smallest absolute Gasteiger partial charge is 0.338 e. The van der Waals surface area contributed by atoms with Crippen LogP contribution < -0.4 is 0 Å². The fourth-order valence-corrected chi connectivity index (χ4v) is 1.81. The highest BCUT2D eigenvalue weighted by Gasteiger charge is 2.15. The van der Waals surface area contributed by atoms with Gasteiger partial charge in [-0.2, -0.15) is 0 Å². The highest BCUT2D eigenvalue weighted by atomic mass is 16.5. The Morgan fingerprint density at radius 2 is 2.11 bits per heavy atom. The normalized spacial score (nSPS) is 9.68. The monoisotopic (exact) mass is 252 g/mol. The number of benzene rings is 1. The second-order valence-electron chi connectivity index (χ2n) is 3.77.